The van der Waals surface area contributed by atoms with Gasteiger partial charge in [-0.1, -0.05) is 71.4 Å². The zero-order valence-corrected chi connectivity index (χ0v) is 31.8. The van der Waals surface area contributed by atoms with Crippen molar-refractivity contribution in [2.75, 3.05) is 7.05 Å². The van der Waals surface area contributed by atoms with E-state index in [-0.39, 0.29) is 36.6 Å². The van der Waals surface area contributed by atoms with Gasteiger partial charge in [-0.05, 0) is 71.9 Å². The first-order valence-corrected chi connectivity index (χ1v) is 16.3. The van der Waals surface area contributed by atoms with Crippen LogP contribution in [0.3, 0.4) is 0 Å². The summed E-state index contributed by atoms with van der Waals surface area (Å²) in [6.07, 6.45) is 5.65. The summed E-state index contributed by atoms with van der Waals surface area (Å²) in [6, 6.07) is 37.1. The Morgan fingerprint density at radius 2 is 1.64 bits per heavy atom. The third kappa shape index (κ3) is 7.09. The first-order valence-electron chi connectivity index (χ1n) is 16.3. The van der Waals surface area contributed by atoms with E-state index in [9.17, 15) is 4.79 Å². The molecular formula is C42H41IrN4O3. The number of fused-ring (bicyclic) bond motifs is 2. The summed E-state index contributed by atoms with van der Waals surface area (Å²) >= 11 is 0. The number of benzene rings is 3. The zero-order chi connectivity index (χ0) is 35.0. The molecular weight excluding hydrogens is 801 g/mol. The van der Waals surface area contributed by atoms with Crippen LogP contribution in [0.1, 0.15) is 80.0 Å². The fourth-order valence-corrected chi connectivity index (χ4v) is 6.04. The Labute approximate surface area is 309 Å². The number of ether oxygens (including phenoxy) is 1. The second-order valence-corrected chi connectivity index (χ2v) is 14.3. The number of carbonyl (C=O) groups is 1. The van der Waals surface area contributed by atoms with E-state index in [2.05, 4.69) is 149 Å². The number of nitrogens with zero attached hydrogens (tertiary/aromatic N) is 4. The fourth-order valence-electron chi connectivity index (χ4n) is 6.04. The van der Waals surface area contributed by atoms with E-state index in [1.165, 1.54) is 17.8 Å². The fraction of sp³-hybridized carbons (Fsp3) is 0.238. The van der Waals surface area contributed by atoms with Crippen LogP contribution in [0.5, 0.6) is 11.5 Å². The molecule has 2 aliphatic heterocycles. The maximum absolute atomic E-state index is 10.1. The molecule has 4 heterocycles. The van der Waals surface area contributed by atoms with Crippen LogP contribution >= 0.6 is 0 Å². The summed E-state index contributed by atoms with van der Waals surface area (Å²) in [5.74, 6) is 0.627. The zero-order valence-electron chi connectivity index (χ0n) is 29.4. The summed E-state index contributed by atoms with van der Waals surface area (Å²) in [4.78, 5) is 23.4. The smallest absolute Gasteiger partial charge is 0.516 e. The van der Waals surface area contributed by atoms with E-state index in [1.807, 2.05) is 18.2 Å². The molecule has 0 saturated heterocycles. The van der Waals surface area contributed by atoms with Gasteiger partial charge < -0.3 is 19.6 Å². The Balaban J connectivity index is 0.000000425. The van der Waals surface area contributed by atoms with Crippen LogP contribution in [-0.2, 0) is 36.5 Å². The molecule has 0 saturated carbocycles. The van der Waals surface area contributed by atoms with Crippen molar-refractivity contribution in [3.63, 3.8) is 0 Å². The van der Waals surface area contributed by atoms with Gasteiger partial charge >= 0.3 is 26.1 Å². The van der Waals surface area contributed by atoms with Crippen molar-refractivity contribution in [2.45, 2.75) is 57.9 Å². The number of pyridine rings is 2. The number of rotatable bonds is 4. The van der Waals surface area contributed by atoms with Crippen LogP contribution in [0.2, 0.25) is 0 Å². The van der Waals surface area contributed by atoms with Crippen molar-refractivity contribution in [2.24, 2.45) is 0 Å². The first kappa shape index (κ1) is 36.5. The predicted molar refractivity (Wildman–Crippen MR) is 192 cm³/mol. The molecule has 7 nitrogen and oxygen atoms in total. The topological polar surface area (TPSA) is 78.8 Å². The van der Waals surface area contributed by atoms with E-state index < -0.39 is 11.5 Å². The second-order valence-electron chi connectivity index (χ2n) is 14.3. The van der Waals surface area contributed by atoms with Crippen LogP contribution in [0.25, 0.3) is 11.3 Å². The maximum atomic E-state index is 10.1. The Morgan fingerprint density at radius 1 is 0.880 bits per heavy atom. The number of hydrogen-bond acceptors (Lipinski definition) is 6. The molecule has 1 N–H and O–H groups in total. The Morgan fingerprint density at radius 3 is 2.24 bits per heavy atom. The van der Waals surface area contributed by atoms with Crippen LogP contribution in [0.4, 0.5) is 0 Å². The first-order chi connectivity index (χ1) is 23.3. The van der Waals surface area contributed by atoms with Crippen LogP contribution in [-0.4, -0.2) is 37.9 Å². The van der Waals surface area contributed by atoms with E-state index in [0.29, 0.717) is 0 Å². The van der Waals surface area contributed by atoms with Crippen LogP contribution in [0.15, 0.2) is 110 Å². The van der Waals surface area contributed by atoms with Gasteiger partial charge in [-0.3, -0.25) is 4.98 Å². The van der Waals surface area contributed by atoms with Crippen molar-refractivity contribution in [3.05, 3.63) is 162 Å². The van der Waals surface area contributed by atoms with E-state index in [0.717, 1.165) is 45.1 Å². The largest absolute Gasteiger partial charge is 3.00 e. The summed E-state index contributed by atoms with van der Waals surface area (Å²) in [7, 11) is 2.05. The molecule has 0 fully saturated rings. The number of aromatic nitrogens is 2. The van der Waals surface area contributed by atoms with E-state index >= 15 is 0 Å². The van der Waals surface area contributed by atoms with Crippen molar-refractivity contribution in [1.29, 1.82) is 0 Å². The number of hydrogen-bond donors (Lipinski definition) is 1. The SMILES string of the molecule is CN1C=CN([C@@]2(c3cccc(-c4[c-]cccc4)n3)c3[c-]c(C(C)(C)C)ccc3Oc3ccc(C(C)(C)C)cc32)[CH-]1.O=C(O)c1ccccn1.[Ir+3]. The molecule has 5 aromatic rings. The quantitative estimate of drug-likeness (QED) is 0.181. The van der Waals surface area contributed by atoms with E-state index in [1.54, 1.807) is 12.1 Å². The molecule has 7 rings (SSSR count). The summed E-state index contributed by atoms with van der Waals surface area (Å²) in [6.45, 7) is 15.5. The minimum absolute atomic E-state index is 0. The van der Waals surface area contributed by atoms with Gasteiger partial charge in [0.2, 0.25) is 0 Å². The van der Waals surface area contributed by atoms with Gasteiger partial charge in [0.25, 0.3) is 0 Å². The summed E-state index contributed by atoms with van der Waals surface area (Å²) in [5, 5.41) is 8.32. The average Bonchev–Trinajstić information content (AvgIpc) is 3.53. The standard InChI is InChI=1S/C36H36N3O.C6H5NO2.Ir/c1-34(2,3)26-16-18-31-28(22-26)36(39-21-20-38(7)24-39,29-23-27(35(4,5)6)17-19-32(29)40-31)33-15-11-14-30(37-33)25-12-9-8-10-13-25;8-6(9)5-3-1-2-4-7-5;/h8-12,14-22,24H,1-7H3;1-4H,(H,8,9);/q-3;;+3/t36-;;/m1../s1. The second kappa shape index (κ2) is 14.2. The minimum Gasteiger partial charge on any atom is -0.516 e. The monoisotopic (exact) mass is 842 g/mol. The molecule has 256 valence electrons. The van der Waals surface area contributed by atoms with Gasteiger partial charge in [-0.15, -0.1) is 42.0 Å². The van der Waals surface area contributed by atoms with Gasteiger partial charge in [0.15, 0.2) is 0 Å². The van der Waals surface area contributed by atoms with Gasteiger partial charge in [-0.2, -0.15) is 24.4 Å². The minimum atomic E-state index is -0.990. The predicted octanol–water partition coefficient (Wildman–Crippen LogP) is 8.96. The van der Waals surface area contributed by atoms with Gasteiger partial charge in [0.05, 0.1) is 11.2 Å². The van der Waals surface area contributed by atoms with Crippen molar-refractivity contribution < 1.29 is 34.7 Å². The van der Waals surface area contributed by atoms with Gasteiger partial charge in [0.1, 0.15) is 11.4 Å². The third-order valence-electron chi connectivity index (χ3n) is 8.68. The molecule has 3 aromatic carbocycles. The van der Waals surface area contributed by atoms with Gasteiger partial charge in [0, 0.05) is 17.5 Å². The molecule has 0 aliphatic carbocycles. The summed E-state index contributed by atoms with van der Waals surface area (Å²) < 4.78 is 6.65. The molecule has 50 heavy (non-hydrogen) atoms. The Kier molecular flexibility index (Phi) is 10.4. The molecule has 0 radical (unpaired) electrons. The van der Waals surface area contributed by atoms with Crippen molar-refractivity contribution >= 4 is 5.97 Å². The molecule has 2 aliphatic rings. The molecule has 1 atom stereocenters. The van der Waals surface area contributed by atoms with Crippen molar-refractivity contribution in [3.8, 4) is 22.8 Å². The normalized spacial score (nSPS) is 16.3. The Bertz CT molecular complexity index is 1940. The molecule has 0 unspecified atom stereocenters. The van der Waals surface area contributed by atoms with Crippen molar-refractivity contribution in [1.82, 2.24) is 19.8 Å². The summed E-state index contributed by atoms with van der Waals surface area (Å²) in [5.41, 5.74) is 6.22. The molecule has 0 amide bonds. The third-order valence-corrected chi connectivity index (χ3v) is 8.68. The van der Waals surface area contributed by atoms with Crippen LogP contribution < -0.4 is 4.74 Å². The number of carboxylic acids is 1. The van der Waals surface area contributed by atoms with Crippen LogP contribution in [0, 0.1) is 18.8 Å². The molecule has 8 heteroatoms. The molecule has 0 spiro atoms. The maximum Gasteiger partial charge on any atom is 3.00 e. The Hall–Kier alpha value is -4.78. The average molecular weight is 842 g/mol. The number of aromatic carboxylic acids is 1. The van der Waals surface area contributed by atoms with Gasteiger partial charge in [-0.25, -0.2) is 9.78 Å². The number of carboxylic acid groups (broad SMARTS) is 1. The van der Waals surface area contributed by atoms with E-state index in [4.69, 9.17) is 14.8 Å². The molecule has 0 bridgehead atoms. The molecule has 2 aromatic heterocycles.